The zero-order valence-electron chi connectivity index (χ0n) is 12.4. The van der Waals surface area contributed by atoms with Gasteiger partial charge in [0.2, 0.25) is 0 Å². The van der Waals surface area contributed by atoms with Gasteiger partial charge in [-0.3, -0.25) is 10.4 Å². The average Bonchev–Trinajstić information content (AvgIpc) is 2.62. The molecule has 3 nitrogen and oxygen atoms in total. The van der Waals surface area contributed by atoms with Crippen LogP contribution < -0.4 is 15.2 Å². The first-order chi connectivity index (χ1) is 10.9. The molecule has 0 bridgehead atoms. The van der Waals surface area contributed by atoms with Crippen LogP contribution in [0.1, 0.15) is 0 Å². The molecule has 0 aliphatic carbocycles. The summed E-state index contributed by atoms with van der Waals surface area (Å²) in [5.74, 6) is 0.844. The van der Waals surface area contributed by atoms with Crippen molar-refractivity contribution in [1.29, 1.82) is 0 Å². The van der Waals surface area contributed by atoms with Crippen LogP contribution in [-0.2, 0) is 0 Å². The smallest absolute Gasteiger partial charge is 0.119 e. The van der Waals surface area contributed by atoms with Gasteiger partial charge in [-0.05, 0) is 48.5 Å². The summed E-state index contributed by atoms with van der Waals surface area (Å²) in [6.45, 7) is 0. The molecule has 0 amide bonds. The predicted octanol–water partition coefficient (Wildman–Crippen LogP) is 4.86. The zero-order chi connectivity index (χ0) is 15.2. The van der Waals surface area contributed by atoms with Gasteiger partial charge in [0.25, 0.3) is 0 Å². The lowest BCUT2D eigenvalue weighted by Crippen LogP contribution is -2.24. The molecular weight excluding hydrogens is 272 g/mol. The van der Waals surface area contributed by atoms with Crippen LogP contribution in [0, 0.1) is 0 Å². The van der Waals surface area contributed by atoms with Crippen LogP contribution >= 0.6 is 0 Å². The fourth-order valence-electron chi connectivity index (χ4n) is 2.23. The first-order valence-electron chi connectivity index (χ1n) is 7.18. The van der Waals surface area contributed by atoms with E-state index in [1.165, 1.54) is 0 Å². The minimum Gasteiger partial charge on any atom is -0.497 e. The lowest BCUT2D eigenvalue weighted by Gasteiger charge is -2.26. The Labute approximate surface area is 130 Å². The molecule has 3 heteroatoms. The molecule has 0 aliphatic heterocycles. The number of anilines is 3. The average molecular weight is 290 g/mol. The minimum absolute atomic E-state index is 0.844. The SMILES string of the molecule is COc1ccc(NN(c2ccccc2)c2ccccc2)cc1. The van der Waals surface area contributed by atoms with E-state index < -0.39 is 0 Å². The summed E-state index contributed by atoms with van der Waals surface area (Å²) in [4.78, 5) is 0. The number of hydrazine groups is 1. The van der Waals surface area contributed by atoms with E-state index in [1.807, 2.05) is 60.7 Å². The topological polar surface area (TPSA) is 24.5 Å². The Bertz CT molecular complexity index is 657. The molecule has 0 heterocycles. The van der Waals surface area contributed by atoms with Crippen molar-refractivity contribution < 1.29 is 4.74 Å². The van der Waals surface area contributed by atoms with E-state index >= 15 is 0 Å². The Morgan fingerprint density at radius 3 is 1.64 bits per heavy atom. The molecule has 3 aromatic carbocycles. The minimum atomic E-state index is 0.844. The maximum Gasteiger partial charge on any atom is 0.119 e. The fourth-order valence-corrected chi connectivity index (χ4v) is 2.23. The molecule has 0 radical (unpaired) electrons. The maximum atomic E-state index is 5.20. The quantitative estimate of drug-likeness (QED) is 0.679. The Kier molecular flexibility index (Phi) is 4.25. The molecule has 0 atom stereocenters. The Morgan fingerprint density at radius 2 is 1.18 bits per heavy atom. The molecule has 0 spiro atoms. The third kappa shape index (κ3) is 3.20. The standard InChI is InChI=1S/C19H18N2O/c1-22-19-14-12-16(13-15-19)20-21(17-8-4-2-5-9-17)18-10-6-3-7-11-18/h2-15,20H,1H3. The molecule has 0 aliphatic rings. The largest absolute Gasteiger partial charge is 0.497 e. The first-order valence-corrected chi connectivity index (χ1v) is 7.18. The van der Waals surface area contributed by atoms with Crippen LogP contribution in [0.5, 0.6) is 5.75 Å². The molecule has 0 unspecified atom stereocenters. The van der Waals surface area contributed by atoms with Gasteiger partial charge in [-0.25, -0.2) is 0 Å². The van der Waals surface area contributed by atoms with Crippen LogP contribution in [0.15, 0.2) is 84.9 Å². The van der Waals surface area contributed by atoms with Gasteiger partial charge in [-0.1, -0.05) is 36.4 Å². The van der Waals surface area contributed by atoms with E-state index in [4.69, 9.17) is 4.74 Å². The highest BCUT2D eigenvalue weighted by atomic mass is 16.5. The first kappa shape index (κ1) is 14.0. The number of nitrogens with zero attached hydrogens (tertiary/aromatic N) is 1. The number of nitrogens with one attached hydrogen (secondary N) is 1. The van der Waals surface area contributed by atoms with Crippen molar-refractivity contribution in [3.05, 3.63) is 84.9 Å². The van der Waals surface area contributed by atoms with Crippen molar-refractivity contribution in [2.45, 2.75) is 0 Å². The van der Waals surface area contributed by atoms with Crippen molar-refractivity contribution in [3.8, 4) is 5.75 Å². The number of hydrogen-bond acceptors (Lipinski definition) is 3. The fraction of sp³-hybridized carbons (Fsp3) is 0.0526. The summed E-state index contributed by atoms with van der Waals surface area (Å²) < 4.78 is 5.20. The van der Waals surface area contributed by atoms with E-state index in [-0.39, 0.29) is 0 Å². The maximum absolute atomic E-state index is 5.20. The second kappa shape index (κ2) is 6.68. The summed E-state index contributed by atoms with van der Waals surface area (Å²) in [7, 11) is 1.67. The molecular formula is C19H18N2O. The van der Waals surface area contributed by atoms with Gasteiger partial charge >= 0.3 is 0 Å². The molecule has 0 saturated heterocycles. The van der Waals surface area contributed by atoms with Crippen molar-refractivity contribution >= 4 is 17.1 Å². The molecule has 110 valence electrons. The number of ether oxygens (including phenoxy) is 1. The molecule has 0 aromatic heterocycles. The van der Waals surface area contributed by atoms with Crippen molar-refractivity contribution in [2.75, 3.05) is 17.5 Å². The van der Waals surface area contributed by atoms with Gasteiger partial charge in [0.05, 0.1) is 24.2 Å². The normalized spacial score (nSPS) is 10.0. The summed E-state index contributed by atoms with van der Waals surface area (Å²) in [6.07, 6.45) is 0. The highest BCUT2D eigenvalue weighted by Crippen LogP contribution is 2.26. The Morgan fingerprint density at radius 1 is 0.682 bits per heavy atom. The van der Waals surface area contributed by atoms with Gasteiger partial charge < -0.3 is 4.74 Å². The van der Waals surface area contributed by atoms with Crippen LogP contribution in [-0.4, -0.2) is 7.11 Å². The van der Waals surface area contributed by atoms with Crippen LogP contribution in [0.2, 0.25) is 0 Å². The number of methoxy groups -OCH3 is 1. The highest BCUT2D eigenvalue weighted by Gasteiger charge is 2.08. The van der Waals surface area contributed by atoms with Crippen molar-refractivity contribution in [2.24, 2.45) is 0 Å². The second-order valence-electron chi connectivity index (χ2n) is 4.85. The summed E-state index contributed by atoms with van der Waals surface area (Å²) in [6, 6.07) is 28.3. The van der Waals surface area contributed by atoms with Crippen molar-refractivity contribution in [3.63, 3.8) is 0 Å². The van der Waals surface area contributed by atoms with Crippen LogP contribution in [0.25, 0.3) is 0 Å². The second-order valence-corrected chi connectivity index (χ2v) is 4.85. The van der Waals surface area contributed by atoms with Crippen molar-refractivity contribution in [1.82, 2.24) is 0 Å². The van der Waals surface area contributed by atoms with Gasteiger partial charge in [-0.15, -0.1) is 0 Å². The van der Waals surface area contributed by atoms with E-state index in [1.54, 1.807) is 7.11 Å². The predicted molar refractivity (Wildman–Crippen MR) is 91.6 cm³/mol. The third-order valence-corrected chi connectivity index (χ3v) is 3.36. The van der Waals surface area contributed by atoms with Crippen LogP contribution in [0.3, 0.4) is 0 Å². The van der Waals surface area contributed by atoms with Gasteiger partial charge in [0, 0.05) is 0 Å². The molecule has 3 rings (SSSR count). The van der Waals surface area contributed by atoms with Gasteiger partial charge in [0.15, 0.2) is 0 Å². The highest BCUT2D eigenvalue weighted by molar-refractivity contribution is 5.68. The Balaban J connectivity index is 1.91. The zero-order valence-corrected chi connectivity index (χ0v) is 12.4. The van der Waals surface area contributed by atoms with Crippen LogP contribution in [0.4, 0.5) is 17.1 Å². The Hall–Kier alpha value is -2.94. The van der Waals surface area contributed by atoms with Gasteiger partial charge in [-0.2, -0.15) is 0 Å². The van der Waals surface area contributed by atoms with E-state index in [0.29, 0.717) is 0 Å². The molecule has 0 saturated carbocycles. The van der Waals surface area contributed by atoms with Gasteiger partial charge in [0.1, 0.15) is 5.75 Å². The summed E-state index contributed by atoms with van der Waals surface area (Å²) in [5.41, 5.74) is 6.58. The molecule has 22 heavy (non-hydrogen) atoms. The summed E-state index contributed by atoms with van der Waals surface area (Å²) >= 11 is 0. The molecule has 1 N–H and O–H groups in total. The number of para-hydroxylation sites is 2. The molecule has 3 aromatic rings. The van der Waals surface area contributed by atoms with E-state index in [2.05, 4.69) is 34.7 Å². The monoisotopic (exact) mass is 290 g/mol. The number of hydrogen-bond donors (Lipinski definition) is 1. The molecule has 0 fully saturated rings. The lowest BCUT2D eigenvalue weighted by atomic mass is 10.2. The van der Waals surface area contributed by atoms with E-state index in [0.717, 1.165) is 22.8 Å². The third-order valence-electron chi connectivity index (χ3n) is 3.36. The summed E-state index contributed by atoms with van der Waals surface area (Å²) in [5, 5.41) is 2.06. The lowest BCUT2D eigenvalue weighted by molar-refractivity contribution is 0.415. The number of benzene rings is 3. The number of rotatable bonds is 5. The van der Waals surface area contributed by atoms with E-state index in [9.17, 15) is 0 Å².